The highest BCUT2D eigenvalue weighted by atomic mass is 32.2. The molecule has 2 aliphatic rings. The van der Waals surface area contributed by atoms with Crippen molar-refractivity contribution in [1.29, 1.82) is 0 Å². The molecular weight excluding hydrogens is 450 g/mol. The molecule has 1 saturated carbocycles. The van der Waals surface area contributed by atoms with Crippen molar-refractivity contribution in [2.75, 3.05) is 47.5 Å². The molecule has 1 aliphatic carbocycles. The number of benzene rings is 1. The molecule has 11 heteroatoms. The summed E-state index contributed by atoms with van der Waals surface area (Å²) in [5.74, 6) is -0.269. The molecule has 0 radical (unpaired) electrons. The lowest BCUT2D eigenvalue weighted by molar-refractivity contribution is -0.134. The zero-order valence-electron chi connectivity index (χ0n) is 19.4. The summed E-state index contributed by atoms with van der Waals surface area (Å²) in [7, 11) is 0.111. The van der Waals surface area contributed by atoms with Crippen LogP contribution < -0.4 is 14.8 Å². The van der Waals surface area contributed by atoms with Gasteiger partial charge in [-0.2, -0.15) is 4.31 Å². The van der Waals surface area contributed by atoms with Crippen LogP contribution in [0.25, 0.3) is 6.08 Å². The van der Waals surface area contributed by atoms with Gasteiger partial charge < -0.3 is 19.5 Å². The van der Waals surface area contributed by atoms with Crippen molar-refractivity contribution in [2.24, 2.45) is 0 Å². The van der Waals surface area contributed by atoms with Gasteiger partial charge in [0.05, 0.1) is 27.4 Å². The molecule has 182 valence electrons. The second-order valence-electron chi connectivity index (χ2n) is 8.01. The Morgan fingerprint density at radius 2 is 1.76 bits per heavy atom. The Morgan fingerprint density at radius 3 is 2.30 bits per heavy atom. The lowest BCUT2D eigenvalue weighted by atomic mass is 10.2. The number of esters is 1. The molecule has 33 heavy (non-hydrogen) atoms. The van der Waals surface area contributed by atoms with E-state index in [9.17, 15) is 18.0 Å². The van der Waals surface area contributed by atoms with E-state index in [-0.39, 0.29) is 47.5 Å². The maximum atomic E-state index is 13.5. The maximum Gasteiger partial charge on any atom is 0.330 e. The monoisotopic (exact) mass is 481 g/mol. The molecule has 1 unspecified atom stereocenters. The van der Waals surface area contributed by atoms with E-state index in [1.807, 2.05) is 11.8 Å². The molecule has 1 saturated heterocycles. The van der Waals surface area contributed by atoms with Crippen molar-refractivity contribution in [2.45, 2.75) is 36.7 Å². The van der Waals surface area contributed by atoms with Gasteiger partial charge in [-0.05, 0) is 43.5 Å². The summed E-state index contributed by atoms with van der Waals surface area (Å²) in [5, 5.41) is 2.99. The number of hydrogen-bond donors (Lipinski definition) is 1. The van der Waals surface area contributed by atoms with E-state index in [1.165, 1.54) is 43.9 Å². The highest BCUT2D eigenvalue weighted by molar-refractivity contribution is 7.89. The van der Waals surface area contributed by atoms with Crippen molar-refractivity contribution in [3.8, 4) is 11.5 Å². The minimum absolute atomic E-state index is 0.0229. The standard InChI is InChI=1S/C22H31N3O7S/c1-15(22(27)23-17-6-7-17)24-9-11-25(12-10-24)33(28,29)19-14-16(5-8-20(26)31-3)13-18(30-2)21(19)32-4/h5,8,13-15,17H,6-7,9-12H2,1-4H3,(H,23,27)/b8-5+. The second kappa shape index (κ2) is 10.5. The van der Waals surface area contributed by atoms with E-state index in [4.69, 9.17) is 9.47 Å². The molecule has 1 amide bonds. The van der Waals surface area contributed by atoms with E-state index in [0.717, 1.165) is 12.8 Å². The molecule has 1 aliphatic heterocycles. The Kier molecular flexibility index (Phi) is 7.98. The minimum Gasteiger partial charge on any atom is -0.493 e. The Labute approximate surface area is 194 Å². The number of carbonyl (C=O) groups is 2. The maximum absolute atomic E-state index is 13.5. The fourth-order valence-corrected chi connectivity index (χ4v) is 5.28. The minimum atomic E-state index is -3.93. The topological polar surface area (TPSA) is 114 Å². The van der Waals surface area contributed by atoms with Gasteiger partial charge in [0.15, 0.2) is 11.5 Å². The van der Waals surface area contributed by atoms with E-state index in [2.05, 4.69) is 10.1 Å². The molecule has 0 bridgehead atoms. The number of ether oxygens (including phenoxy) is 3. The molecule has 0 aromatic heterocycles. The van der Waals surface area contributed by atoms with Gasteiger partial charge in [-0.15, -0.1) is 0 Å². The van der Waals surface area contributed by atoms with Gasteiger partial charge in [0.2, 0.25) is 15.9 Å². The van der Waals surface area contributed by atoms with Crippen LogP contribution in [0, 0.1) is 0 Å². The third-order valence-electron chi connectivity index (χ3n) is 5.82. The summed E-state index contributed by atoms with van der Waals surface area (Å²) < 4.78 is 43.7. The summed E-state index contributed by atoms with van der Waals surface area (Å²) in [6, 6.07) is 2.98. The number of sulfonamides is 1. The van der Waals surface area contributed by atoms with Crippen LogP contribution in [0.4, 0.5) is 0 Å². The summed E-state index contributed by atoms with van der Waals surface area (Å²) in [6.07, 6.45) is 4.68. The summed E-state index contributed by atoms with van der Waals surface area (Å²) in [5.41, 5.74) is 0.445. The first-order valence-corrected chi connectivity index (χ1v) is 12.2. The molecule has 10 nitrogen and oxygen atoms in total. The number of hydrogen-bond acceptors (Lipinski definition) is 8. The third kappa shape index (κ3) is 5.84. The first-order valence-electron chi connectivity index (χ1n) is 10.8. The Bertz CT molecular complexity index is 1010. The number of methoxy groups -OCH3 is 3. The molecule has 1 aromatic carbocycles. The zero-order valence-corrected chi connectivity index (χ0v) is 20.2. The molecule has 1 heterocycles. The number of nitrogens with zero attached hydrogens (tertiary/aromatic N) is 2. The quantitative estimate of drug-likeness (QED) is 0.408. The third-order valence-corrected chi connectivity index (χ3v) is 7.73. The fraction of sp³-hybridized carbons (Fsp3) is 0.545. The van der Waals surface area contributed by atoms with Crippen molar-refractivity contribution < 1.29 is 32.2 Å². The van der Waals surface area contributed by atoms with Crippen molar-refractivity contribution in [3.05, 3.63) is 23.8 Å². The van der Waals surface area contributed by atoms with Gasteiger partial charge in [0.25, 0.3) is 0 Å². The van der Waals surface area contributed by atoms with Gasteiger partial charge >= 0.3 is 5.97 Å². The number of rotatable bonds is 9. The first kappa shape index (κ1) is 25.0. The highest BCUT2D eigenvalue weighted by Gasteiger charge is 2.35. The Morgan fingerprint density at radius 1 is 1.09 bits per heavy atom. The molecule has 2 fully saturated rings. The average Bonchev–Trinajstić information content (AvgIpc) is 3.65. The lowest BCUT2D eigenvalue weighted by Gasteiger charge is -2.37. The number of carbonyl (C=O) groups excluding carboxylic acids is 2. The Hall–Kier alpha value is -2.63. The zero-order chi connectivity index (χ0) is 24.2. The molecular formula is C22H31N3O7S. The first-order chi connectivity index (χ1) is 15.7. The summed E-state index contributed by atoms with van der Waals surface area (Å²) in [4.78, 5) is 25.8. The smallest absolute Gasteiger partial charge is 0.330 e. The van der Waals surface area contributed by atoms with Crippen LogP contribution in [-0.2, 0) is 24.3 Å². The molecule has 1 N–H and O–H groups in total. The van der Waals surface area contributed by atoms with Crippen molar-refractivity contribution in [3.63, 3.8) is 0 Å². The van der Waals surface area contributed by atoms with Crippen LogP contribution in [0.2, 0.25) is 0 Å². The number of piperazine rings is 1. The van der Waals surface area contributed by atoms with Crippen LogP contribution in [0.3, 0.4) is 0 Å². The fourth-order valence-electron chi connectivity index (χ4n) is 3.66. The SMILES string of the molecule is COC(=O)/C=C/c1cc(OC)c(OC)c(S(=O)(=O)N2CCN(C(C)C(=O)NC3CC3)CC2)c1. The van der Waals surface area contributed by atoms with E-state index < -0.39 is 16.0 Å². The van der Waals surface area contributed by atoms with E-state index in [1.54, 1.807) is 6.07 Å². The molecule has 1 atom stereocenters. The van der Waals surface area contributed by atoms with Gasteiger partial charge in [-0.25, -0.2) is 13.2 Å². The van der Waals surface area contributed by atoms with Gasteiger partial charge in [0.1, 0.15) is 4.90 Å². The van der Waals surface area contributed by atoms with Gasteiger partial charge in [-0.1, -0.05) is 0 Å². The predicted octanol–water partition coefficient (Wildman–Crippen LogP) is 0.863. The van der Waals surface area contributed by atoms with Crippen LogP contribution in [0.15, 0.2) is 23.1 Å². The average molecular weight is 482 g/mol. The number of nitrogens with one attached hydrogen (secondary N) is 1. The largest absolute Gasteiger partial charge is 0.493 e. The van der Waals surface area contributed by atoms with Gasteiger partial charge in [-0.3, -0.25) is 9.69 Å². The van der Waals surface area contributed by atoms with Crippen LogP contribution in [0.1, 0.15) is 25.3 Å². The predicted molar refractivity (Wildman–Crippen MR) is 122 cm³/mol. The molecule has 1 aromatic rings. The van der Waals surface area contributed by atoms with Gasteiger partial charge in [0, 0.05) is 38.3 Å². The normalized spacial score (nSPS) is 18.7. The second-order valence-corrected chi connectivity index (χ2v) is 9.92. The summed E-state index contributed by atoms with van der Waals surface area (Å²) >= 11 is 0. The van der Waals surface area contributed by atoms with Crippen molar-refractivity contribution in [1.82, 2.24) is 14.5 Å². The summed E-state index contributed by atoms with van der Waals surface area (Å²) in [6.45, 7) is 3.17. The van der Waals surface area contributed by atoms with E-state index in [0.29, 0.717) is 18.7 Å². The molecule has 3 rings (SSSR count). The Balaban J connectivity index is 1.80. The number of amides is 1. The van der Waals surface area contributed by atoms with Crippen molar-refractivity contribution >= 4 is 28.0 Å². The van der Waals surface area contributed by atoms with E-state index >= 15 is 0 Å². The van der Waals surface area contributed by atoms with Crippen LogP contribution in [0.5, 0.6) is 11.5 Å². The van der Waals surface area contributed by atoms with Crippen LogP contribution >= 0.6 is 0 Å². The van der Waals surface area contributed by atoms with Crippen LogP contribution in [-0.4, -0.2) is 89.1 Å². The highest BCUT2D eigenvalue weighted by Crippen LogP contribution is 2.37. The lowest BCUT2D eigenvalue weighted by Crippen LogP contribution is -2.55. The molecule has 0 spiro atoms.